The molecular weight excluding hydrogens is 449 g/mol. The number of Topliss-reactive ketones (excluding diaryl/α,β-unsaturated/α-hetero) is 1. The summed E-state index contributed by atoms with van der Waals surface area (Å²) in [5, 5.41) is 2.98. The second-order valence-electron chi connectivity index (χ2n) is 10.7. The zero-order valence-corrected chi connectivity index (χ0v) is 20.5. The monoisotopic (exact) mass is 485 g/mol. The third kappa shape index (κ3) is 5.00. The fourth-order valence-electron chi connectivity index (χ4n) is 6.32. The van der Waals surface area contributed by atoms with Gasteiger partial charge >= 0.3 is 0 Å². The van der Waals surface area contributed by atoms with E-state index < -0.39 is 24.4 Å². The Morgan fingerprint density at radius 3 is 2.43 bits per heavy atom. The molecule has 7 nitrogen and oxygen atoms in total. The number of nitrogens with one attached hydrogen (secondary N) is 1. The standard InChI is InChI=1S/C27H36FN3O4/c1-30-13-11-18(12-14-30)17-7-9-20(10-8-17)26(33)29-23(19-5-3-2-4-6-19)27(34)31-15-21(28)25-24(31)22(32)16-35-25/h7-10,18-19,21,23-25H,2-6,11-16H2,1H3,(H,29,33)/t21-,23-,24+,25+/m0/s1. The maximum absolute atomic E-state index is 14.5. The molecule has 190 valence electrons. The molecule has 5 rings (SSSR count). The summed E-state index contributed by atoms with van der Waals surface area (Å²) in [6.07, 6.45) is 4.70. The van der Waals surface area contributed by atoms with Gasteiger partial charge in [0, 0.05) is 5.56 Å². The second kappa shape index (κ2) is 10.3. The average Bonchev–Trinajstić information content (AvgIpc) is 3.43. The lowest BCUT2D eigenvalue weighted by Crippen LogP contribution is -2.55. The van der Waals surface area contributed by atoms with Crippen molar-refractivity contribution in [3.8, 4) is 0 Å². The Morgan fingerprint density at radius 2 is 1.74 bits per heavy atom. The summed E-state index contributed by atoms with van der Waals surface area (Å²) in [6.45, 7) is 1.82. The van der Waals surface area contributed by atoms with Gasteiger partial charge in [-0.25, -0.2) is 4.39 Å². The fourth-order valence-corrected chi connectivity index (χ4v) is 6.32. The third-order valence-corrected chi connectivity index (χ3v) is 8.44. The molecule has 1 aliphatic carbocycles. The molecule has 0 radical (unpaired) electrons. The van der Waals surface area contributed by atoms with Crippen LogP contribution in [0.3, 0.4) is 0 Å². The number of benzene rings is 1. The smallest absolute Gasteiger partial charge is 0.251 e. The van der Waals surface area contributed by atoms with E-state index in [1.165, 1.54) is 10.5 Å². The summed E-state index contributed by atoms with van der Waals surface area (Å²) in [6, 6.07) is 6.07. The van der Waals surface area contributed by atoms with Gasteiger partial charge in [-0.05, 0) is 75.4 Å². The van der Waals surface area contributed by atoms with Crippen LogP contribution in [0.1, 0.15) is 66.8 Å². The minimum Gasteiger partial charge on any atom is -0.365 e. The molecule has 8 heteroatoms. The lowest BCUT2D eigenvalue weighted by atomic mass is 9.83. The first-order chi connectivity index (χ1) is 16.9. The third-order valence-electron chi connectivity index (χ3n) is 8.44. The molecule has 4 fully saturated rings. The Kier molecular flexibility index (Phi) is 7.21. The molecule has 0 bridgehead atoms. The van der Waals surface area contributed by atoms with E-state index in [-0.39, 0.29) is 36.7 Å². The van der Waals surface area contributed by atoms with Crippen molar-refractivity contribution in [3.63, 3.8) is 0 Å². The lowest BCUT2D eigenvalue weighted by molar-refractivity contribution is -0.139. The Balaban J connectivity index is 1.31. The van der Waals surface area contributed by atoms with Crippen molar-refractivity contribution < 1.29 is 23.5 Å². The van der Waals surface area contributed by atoms with E-state index in [0.29, 0.717) is 11.5 Å². The van der Waals surface area contributed by atoms with Gasteiger partial charge in [0.25, 0.3) is 5.91 Å². The highest BCUT2D eigenvalue weighted by Crippen LogP contribution is 2.33. The van der Waals surface area contributed by atoms with Crippen LogP contribution in [-0.2, 0) is 14.3 Å². The largest absolute Gasteiger partial charge is 0.365 e. The number of fused-ring (bicyclic) bond motifs is 1. The van der Waals surface area contributed by atoms with E-state index in [4.69, 9.17) is 4.74 Å². The van der Waals surface area contributed by atoms with E-state index in [1.807, 2.05) is 24.3 Å². The molecule has 0 aromatic heterocycles. The highest BCUT2D eigenvalue weighted by molar-refractivity contribution is 5.99. The van der Waals surface area contributed by atoms with Crippen LogP contribution in [0.25, 0.3) is 0 Å². The zero-order chi connectivity index (χ0) is 24.5. The van der Waals surface area contributed by atoms with Crippen molar-refractivity contribution in [2.24, 2.45) is 5.92 Å². The Morgan fingerprint density at radius 1 is 1.06 bits per heavy atom. The van der Waals surface area contributed by atoms with Crippen LogP contribution in [0.2, 0.25) is 0 Å². The normalized spacial score (nSPS) is 29.3. The van der Waals surface area contributed by atoms with Crippen molar-refractivity contribution in [1.82, 2.24) is 15.1 Å². The molecular formula is C27H36FN3O4. The SMILES string of the molecule is CN1CCC(c2ccc(C(=O)N[C@H](C(=O)N3C[C@H](F)[C@H]4OCC(=O)[C@H]43)C3CCCCC3)cc2)CC1. The quantitative estimate of drug-likeness (QED) is 0.694. The number of amides is 2. The van der Waals surface area contributed by atoms with Crippen molar-refractivity contribution >= 4 is 17.6 Å². The summed E-state index contributed by atoms with van der Waals surface area (Å²) < 4.78 is 19.9. The minimum absolute atomic E-state index is 0.0202. The van der Waals surface area contributed by atoms with Crippen LogP contribution in [-0.4, -0.2) is 85.0 Å². The number of carbonyl (C=O) groups excluding carboxylic acids is 3. The number of carbonyl (C=O) groups is 3. The van der Waals surface area contributed by atoms with Crippen LogP contribution in [0.4, 0.5) is 4.39 Å². The van der Waals surface area contributed by atoms with Gasteiger partial charge < -0.3 is 19.9 Å². The van der Waals surface area contributed by atoms with Crippen molar-refractivity contribution in [2.45, 2.75) is 75.2 Å². The number of alkyl halides is 1. The van der Waals surface area contributed by atoms with Gasteiger partial charge in [-0.1, -0.05) is 31.4 Å². The zero-order valence-electron chi connectivity index (χ0n) is 20.5. The van der Waals surface area contributed by atoms with Gasteiger partial charge in [0.05, 0.1) is 6.54 Å². The number of rotatable bonds is 5. The van der Waals surface area contributed by atoms with Gasteiger partial charge in [0.1, 0.15) is 31.0 Å². The maximum Gasteiger partial charge on any atom is 0.251 e. The van der Waals surface area contributed by atoms with E-state index in [1.54, 1.807) is 0 Å². The molecule has 1 aromatic rings. The number of hydrogen-bond acceptors (Lipinski definition) is 5. The molecule has 3 heterocycles. The van der Waals surface area contributed by atoms with Crippen LogP contribution >= 0.6 is 0 Å². The highest BCUT2D eigenvalue weighted by Gasteiger charge is 2.54. The number of likely N-dealkylation sites (tertiary alicyclic amines) is 2. The van der Waals surface area contributed by atoms with Gasteiger partial charge in [0.15, 0.2) is 5.78 Å². The highest BCUT2D eigenvalue weighted by atomic mass is 19.1. The first kappa shape index (κ1) is 24.4. The first-order valence-electron chi connectivity index (χ1n) is 13.1. The Hall–Kier alpha value is -2.32. The van der Waals surface area contributed by atoms with Crippen LogP contribution in [0, 0.1) is 5.92 Å². The summed E-state index contributed by atoms with van der Waals surface area (Å²) >= 11 is 0. The number of ether oxygens (including phenoxy) is 1. The molecule has 4 atom stereocenters. The number of halogens is 1. The predicted molar refractivity (Wildman–Crippen MR) is 129 cm³/mol. The number of nitrogens with zero attached hydrogens (tertiary/aromatic N) is 2. The number of piperidine rings is 1. The van der Waals surface area contributed by atoms with Gasteiger partial charge in [0.2, 0.25) is 5.91 Å². The van der Waals surface area contributed by atoms with Crippen molar-refractivity contribution in [1.29, 1.82) is 0 Å². The topological polar surface area (TPSA) is 79.0 Å². The van der Waals surface area contributed by atoms with Gasteiger partial charge in [-0.2, -0.15) is 0 Å². The van der Waals surface area contributed by atoms with E-state index in [2.05, 4.69) is 17.3 Å². The molecule has 4 aliphatic rings. The van der Waals surface area contributed by atoms with Gasteiger partial charge in [-0.15, -0.1) is 0 Å². The molecule has 3 saturated heterocycles. The Labute approximate surface area is 206 Å². The van der Waals surface area contributed by atoms with E-state index >= 15 is 0 Å². The molecule has 3 aliphatic heterocycles. The first-order valence-corrected chi connectivity index (χ1v) is 13.1. The lowest BCUT2D eigenvalue weighted by Gasteiger charge is -2.34. The van der Waals surface area contributed by atoms with Crippen LogP contribution in [0.15, 0.2) is 24.3 Å². The fraction of sp³-hybridized carbons (Fsp3) is 0.667. The van der Waals surface area contributed by atoms with E-state index in [0.717, 1.165) is 58.0 Å². The van der Waals surface area contributed by atoms with Gasteiger partial charge in [-0.3, -0.25) is 14.4 Å². The molecule has 0 unspecified atom stereocenters. The summed E-state index contributed by atoms with van der Waals surface area (Å²) in [4.78, 5) is 42.9. The molecule has 1 N–H and O–H groups in total. The van der Waals surface area contributed by atoms with E-state index in [9.17, 15) is 18.8 Å². The minimum atomic E-state index is -1.38. The summed E-state index contributed by atoms with van der Waals surface area (Å²) in [5.74, 6) is -0.439. The molecule has 2 amide bonds. The molecule has 35 heavy (non-hydrogen) atoms. The van der Waals surface area contributed by atoms with Crippen molar-refractivity contribution in [2.75, 3.05) is 33.3 Å². The summed E-state index contributed by atoms with van der Waals surface area (Å²) in [7, 11) is 2.14. The molecule has 1 aromatic carbocycles. The van der Waals surface area contributed by atoms with Crippen molar-refractivity contribution in [3.05, 3.63) is 35.4 Å². The number of ketones is 1. The average molecular weight is 486 g/mol. The maximum atomic E-state index is 14.5. The van der Waals surface area contributed by atoms with Crippen LogP contribution < -0.4 is 5.32 Å². The molecule has 1 saturated carbocycles. The van der Waals surface area contributed by atoms with Crippen LogP contribution in [0.5, 0.6) is 0 Å². The summed E-state index contributed by atoms with van der Waals surface area (Å²) in [5.41, 5.74) is 1.75. The number of hydrogen-bond donors (Lipinski definition) is 1. The Bertz CT molecular complexity index is 940. The second-order valence-corrected chi connectivity index (χ2v) is 10.7. The predicted octanol–water partition coefficient (Wildman–Crippen LogP) is 2.69. The molecule has 0 spiro atoms.